The van der Waals surface area contributed by atoms with Gasteiger partial charge < -0.3 is 5.73 Å². The molecule has 0 unspecified atom stereocenters. The highest BCUT2D eigenvalue weighted by Crippen LogP contribution is 2.34. The van der Waals surface area contributed by atoms with Crippen molar-refractivity contribution >= 4 is 34.3 Å². The van der Waals surface area contributed by atoms with Crippen LogP contribution in [0.15, 0.2) is 11.4 Å². The van der Waals surface area contributed by atoms with Gasteiger partial charge in [-0.1, -0.05) is 22.9 Å². The molecule has 0 amide bonds. The van der Waals surface area contributed by atoms with E-state index in [-0.39, 0.29) is 0 Å². The molecule has 0 aliphatic heterocycles. The molecular weight excluding hydrogens is 238 g/mol. The molecule has 0 aliphatic carbocycles. The summed E-state index contributed by atoms with van der Waals surface area (Å²) in [6.45, 7) is 0.604. The third-order valence-corrected chi connectivity index (χ3v) is 4.11. The van der Waals surface area contributed by atoms with Gasteiger partial charge in [0.25, 0.3) is 0 Å². The molecule has 2 aromatic rings. The van der Waals surface area contributed by atoms with Crippen molar-refractivity contribution in [2.24, 2.45) is 5.73 Å². The first-order valence-electron chi connectivity index (χ1n) is 4.07. The number of rotatable bonds is 3. The molecule has 0 aromatic carbocycles. The van der Waals surface area contributed by atoms with Gasteiger partial charge in [0.05, 0.1) is 9.90 Å². The Morgan fingerprint density at radius 1 is 1.43 bits per heavy atom. The van der Waals surface area contributed by atoms with Crippen LogP contribution in [0.5, 0.6) is 0 Å². The van der Waals surface area contributed by atoms with Crippen LogP contribution in [-0.4, -0.2) is 16.7 Å². The van der Waals surface area contributed by atoms with Gasteiger partial charge in [-0.05, 0) is 18.0 Å². The molecule has 2 heterocycles. The number of hydrogen-bond donors (Lipinski definition) is 1. The second kappa shape index (κ2) is 4.35. The van der Waals surface area contributed by atoms with Crippen LogP contribution < -0.4 is 5.73 Å². The Labute approximate surface area is 94.6 Å². The number of nitrogens with zero attached hydrogens (tertiary/aromatic N) is 2. The van der Waals surface area contributed by atoms with E-state index < -0.39 is 0 Å². The highest BCUT2D eigenvalue weighted by molar-refractivity contribution is 7.21. The normalized spacial score (nSPS) is 10.7. The minimum Gasteiger partial charge on any atom is -0.330 e. The first-order chi connectivity index (χ1) is 6.81. The maximum Gasteiger partial charge on any atom is 0.159 e. The van der Waals surface area contributed by atoms with Crippen molar-refractivity contribution in [3.63, 3.8) is 0 Å². The van der Waals surface area contributed by atoms with Crippen LogP contribution in [0.3, 0.4) is 0 Å². The summed E-state index contributed by atoms with van der Waals surface area (Å²) in [4.78, 5) is 0.993. The number of hydrogen-bond acceptors (Lipinski definition) is 5. The lowest BCUT2D eigenvalue weighted by molar-refractivity contribution is 0.914. The molecule has 2 aromatic heterocycles. The van der Waals surface area contributed by atoms with Crippen LogP contribution >= 0.6 is 34.3 Å². The third kappa shape index (κ3) is 1.95. The fourth-order valence-electron chi connectivity index (χ4n) is 1.02. The highest BCUT2D eigenvalue weighted by Gasteiger charge is 2.10. The van der Waals surface area contributed by atoms with Crippen LogP contribution in [0.4, 0.5) is 0 Å². The smallest absolute Gasteiger partial charge is 0.159 e. The summed E-state index contributed by atoms with van der Waals surface area (Å²) in [5.74, 6) is 0. The summed E-state index contributed by atoms with van der Waals surface area (Å²) >= 11 is 9.12. The first kappa shape index (κ1) is 10.0. The topological polar surface area (TPSA) is 51.8 Å². The molecule has 0 fully saturated rings. The lowest BCUT2D eigenvalue weighted by Gasteiger charge is -1.88. The summed E-state index contributed by atoms with van der Waals surface area (Å²) in [6, 6.07) is 1.87. The zero-order valence-electron chi connectivity index (χ0n) is 7.24. The lowest BCUT2D eigenvalue weighted by atomic mass is 10.5. The molecule has 2 rings (SSSR count). The van der Waals surface area contributed by atoms with E-state index in [0.717, 1.165) is 26.3 Å². The monoisotopic (exact) mass is 245 g/mol. The summed E-state index contributed by atoms with van der Waals surface area (Å²) in [5.41, 5.74) is 5.43. The zero-order valence-corrected chi connectivity index (χ0v) is 9.62. The summed E-state index contributed by atoms with van der Waals surface area (Å²) in [7, 11) is 0. The Morgan fingerprint density at radius 2 is 2.29 bits per heavy atom. The Balaban J connectivity index is 2.29. The van der Waals surface area contributed by atoms with E-state index in [1.165, 1.54) is 0 Å². The van der Waals surface area contributed by atoms with Gasteiger partial charge in [-0.3, -0.25) is 0 Å². The summed E-state index contributed by atoms with van der Waals surface area (Å²) in [6.07, 6.45) is 0.778. The molecule has 74 valence electrons. The van der Waals surface area contributed by atoms with E-state index >= 15 is 0 Å². The van der Waals surface area contributed by atoms with Gasteiger partial charge in [0.1, 0.15) is 5.01 Å². The maximum absolute atomic E-state index is 5.99. The van der Waals surface area contributed by atoms with Crippen molar-refractivity contribution < 1.29 is 0 Å². The Morgan fingerprint density at radius 3 is 2.93 bits per heavy atom. The minimum absolute atomic E-state index is 0.604. The average molecular weight is 246 g/mol. The molecule has 0 saturated carbocycles. The lowest BCUT2D eigenvalue weighted by Crippen LogP contribution is -2.01. The Bertz CT molecular complexity index is 424. The number of nitrogens with two attached hydrogens (primary N) is 1. The fourth-order valence-corrected chi connectivity index (χ4v) is 3.17. The van der Waals surface area contributed by atoms with Crippen LogP contribution in [0, 0.1) is 0 Å². The minimum atomic E-state index is 0.604. The molecule has 0 aliphatic rings. The van der Waals surface area contributed by atoms with Crippen LogP contribution in [0.2, 0.25) is 5.02 Å². The van der Waals surface area contributed by atoms with E-state index in [1.54, 1.807) is 22.7 Å². The fraction of sp³-hybridized carbons (Fsp3) is 0.250. The standard InChI is InChI=1S/C8H8ClN3S2/c9-5-2-4-13-7(5)8-12-11-6(14-8)1-3-10/h2,4H,1,3,10H2. The third-order valence-electron chi connectivity index (χ3n) is 1.64. The Hall–Kier alpha value is -0.490. The van der Waals surface area contributed by atoms with Gasteiger partial charge in [-0.15, -0.1) is 21.5 Å². The van der Waals surface area contributed by atoms with Crippen LogP contribution in [0.25, 0.3) is 9.88 Å². The van der Waals surface area contributed by atoms with E-state index in [2.05, 4.69) is 10.2 Å². The van der Waals surface area contributed by atoms with Gasteiger partial charge in [0, 0.05) is 6.42 Å². The molecule has 2 N–H and O–H groups in total. The van der Waals surface area contributed by atoms with Crippen LogP contribution in [-0.2, 0) is 6.42 Å². The second-order valence-corrected chi connectivity index (χ2v) is 5.02. The van der Waals surface area contributed by atoms with Crippen molar-refractivity contribution in [1.29, 1.82) is 0 Å². The van der Waals surface area contributed by atoms with E-state index in [0.29, 0.717) is 6.54 Å². The molecule has 0 atom stereocenters. The number of thiophene rings is 1. The van der Waals surface area contributed by atoms with Crippen molar-refractivity contribution in [1.82, 2.24) is 10.2 Å². The number of aromatic nitrogens is 2. The van der Waals surface area contributed by atoms with Crippen molar-refractivity contribution in [2.75, 3.05) is 6.54 Å². The average Bonchev–Trinajstić information content (AvgIpc) is 2.74. The maximum atomic E-state index is 5.99. The van der Waals surface area contributed by atoms with Gasteiger partial charge in [0.15, 0.2) is 5.01 Å². The Kier molecular flexibility index (Phi) is 3.12. The molecule has 0 bridgehead atoms. The quantitative estimate of drug-likeness (QED) is 0.904. The molecule has 14 heavy (non-hydrogen) atoms. The van der Waals surface area contributed by atoms with Crippen molar-refractivity contribution in [2.45, 2.75) is 6.42 Å². The van der Waals surface area contributed by atoms with Gasteiger partial charge in [0.2, 0.25) is 0 Å². The first-order valence-corrected chi connectivity index (χ1v) is 6.14. The van der Waals surface area contributed by atoms with Gasteiger partial charge >= 0.3 is 0 Å². The van der Waals surface area contributed by atoms with Gasteiger partial charge in [-0.25, -0.2) is 0 Å². The van der Waals surface area contributed by atoms with E-state index in [9.17, 15) is 0 Å². The molecular formula is C8H8ClN3S2. The zero-order chi connectivity index (χ0) is 9.97. The van der Waals surface area contributed by atoms with E-state index in [4.69, 9.17) is 17.3 Å². The summed E-state index contributed by atoms with van der Waals surface area (Å²) < 4.78 is 0. The van der Waals surface area contributed by atoms with Gasteiger partial charge in [-0.2, -0.15) is 0 Å². The highest BCUT2D eigenvalue weighted by atomic mass is 35.5. The predicted octanol–water partition coefficient (Wildman–Crippen LogP) is 2.42. The van der Waals surface area contributed by atoms with Crippen LogP contribution in [0.1, 0.15) is 5.01 Å². The molecule has 6 heteroatoms. The van der Waals surface area contributed by atoms with Crippen molar-refractivity contribution in [3.8, 4) is 9.88 Å². The molecule has 0 saturated heterocycles. The van der Waals surface area contributed by atoms with E-state index in [1.807, 2.05) is 11.4 Å². The van der Waals surface area contributed by atoms with Crippen molar-refractivity contribution in [3.05, 3.63) is 21.5 Å². The molecule has 0 radical (unpaired) electrons. The molecule has 0 spiro atoms. The predicted molar refractivity (Wildman–Crippen MR) is 61.0 cm³/mol. The molecule has 3 nitrogen and oxygen atoms in total. The number of halogens is 1. The second-order valence-electron chi connectivity index (χ2n) is 2.64. The largest absolute Gasteiger partial charge is 0.330 e. The summed E-state index contributed by atoms with van der Waals surface area (Å²) in [5, 5.41) is 12.7. The SMILES string of the molecule is NCCc1nnc(-c2sccc2Cl)s1.